The number of aryl methyl sites for hydroxylation is 1. The molecule has 3 heterocycles. The molecule has 2 fully saturated rings. The Morgan fingerprint density at radius 3 is 2.87 bits per heavy atom. The Bertz CT molecular complexity index is 566. The Hall–Kier alpha value is -1.20. The minimum Gasteiger partial charge on any atom is -0.381 e. The van der Waals surface area contributed by atoms with E-state index in [2.05, 4.69) is 16.1 Å². The molecule has 0 bridgehead atoms. The van der Waals surface area contributed by atoms with Crippen LogP contribution in [0.5, 0.6) is 0 Å². The number of likely N-dealkylation sites (tertiary alicyclic amines) is 1. The van der Waals surface area contributed by atoms with Gasteiger partial charge in [-0.2, -0.15) is 0 Å². The number of nitrogens with zero attached hydrogens (tertiary/aromatic N) is 4. The molecular weight excluding hydrogens is 288 g/mol. The molecule has 3 aliphatic rings. The van der Waals surface area contributed by atoms with Crippen molar-refractivity contribution >= 4 is 5.95 Å². The van der Waals surface area contributed by atoms with Crippen LogP contribution in [0.1, 0.15) is 43.4 Å². The number of aromatic nitrogens is 2. The number of hydrogen-bond acceptors (Lipinski definition) is 5. The molecule has 1 aromatic heterocycles. The minimum absolute atomic E-state index is 0.263. The molecule has 0 aromatic carbocycles. The molecule has 4 rings (SSSR count). The quantitative estimate of drug-likeness (QED) is 0.835. The highest BCUT2D eigenvalue weighted by molar-refractivity contribution is 5.39. The number of piperidine rings is 1. The average Bonchev–Trinajstić information content (AvgIpc) is 2.93. The summed E-state index contributed by atoms with van der Waals surface area (Å²) in [4.78, 5) is 14.2. The Labute approximate surface area is 139 Å². The summed E-state index contributed by atoms with van der Waals surface area (Å²) in [5.41, 5.74) is 2.98. The lowest BCUT2D eigenvalue weighted by Gasteiger charge is -2.45. The number of hydrogen-bond donors (Lipinski definition) is 0. The fraction of sp³-hybridized carbons (Fsp3) is 0.778. The third-order valence-electron chi connectivity index (χ3n) is 5.94. The summed E-state index contributed by atoms with van der Waals surface area (Å²) in [5.74, 6) is 0.855. The van der Waals surface area contributed by atoms with Crippen molar-refractivity contribution in [1.29, 1.82) is 0 Å². The first-order valence-electron chi connectivity index (χ1n) is 9.03. The molecule has 126 valence electrons. The highest BCUT2D eigenvalue weighted by atomic mass is 16.5. The zero-order chi connectivity index (χ0) is 15.9. The second kappa shape index (κ2) is 6.02. The lowest BCUT2D eigenvalue weighted by atomic mass is 9.77. The van der Waals surface area contributed by atoms with Gasteiger partial charge in [0.2, 0.25) is 5.95 Å². The number of ether oxygens (including phenoxy) is 1. The van der Waals surface area contributed by atoms with Crippen molar-refractivity contribution in [3.8, 4) is 0 Å². The van der Waals surface area contributed by atoms with E-state index in [0.29, 0.717) is 6.04 Å². The van der Waals surface area contributed by atoms with Gasteiger partial charge in [-0.25, -0.2) is 9.97 Å². The van der Waals surface area contributed by atoms with Crippen molar-refractivity contribution in [2.75, 3.05) is 45.3 Å². The van der Waals surface area contributed by atoms with Crippen molar-refractivity contribution < 1.29 is 4.74 Å². The van der Waals surface area contributed by atoms with Gasteiger partial charge in [0, 0.05) is 51.5 Å². The minimum atomic E-state index is 0.263. The maximum absolute atomic E-state index is 5.55. The van der Waals surface area contributed by atoms with Crippen LogP contribution in [0.4, 0.5) is 5.95 Å². The predicted octanol–water partition coefficient (Wildman–Crippen LogP) is 2.00. The fourth-order valence-electron chi connectivity index (χ4n) is 4.67. The Kier molecular flexibility index (Phi) is 4.01. The van der Waals surface area contributed by atoms with E-state index in [0.717, 1.165) is 25.6 Å². The molecule has 0 radical (unpaired) electrons. The summed E-state index contributed by atoms with van der Waals surface area (Å²) >= 11 is 0. The third kappa shape index (κ3) is 2.74. The van der Waals surface area contributed by atoms with Gasteiger partial charge < -0.3 is 9.64 Å². The van der Waals surface area contributed by atoms with Gasteiger partial charge >= 0.3 is 0 Å². The smallest absolute Gasteiger partial charge is 0.225 e. The molecule has 1 aliphatic carbocycles. The van der Waals surface area contributed by atoms with Crippen LogP contribution in [0.25, 0.3) is 0 Å². The monoisotopic (exact) mass is 316 g/mol. The van der Waals surface area contributed by atoms with Gasteiger partial charge in [-0.3, -0.25) is 4.90 Å². The molecule has 1 aromatic rings. The third-order valence-corrected chi connectivity index (χ3v) is 5.94. The molecule has 1 unspecified atom stereocenters. The number of rotatable bonds is 2. The molecule has 2 aliphatic heterocycles. The maximum atomic E-state index is 5.55. The van der Waals surface area contributed by atoms with Gasteiger partial charge in [-0.05, 0) is 50.6 Å². The van der Waals surface area contributed by atoms with Gasteiger partial charge in [0.25, 0.3) is 0 Å². The van der Waals surface area contributed by atoms with Crippen molar-refractivity contribution in [3.05, 3.63) is 17.5 Å². The van der Waals surface area contributed by atoms with Crippen LogP contribution in [-0.2, 0) is 16.6 Å². The van der Waals surface area contributed by atoms with Crippen molar-refractivity contribution in [2.24, 2.45) is 0 Å². The molecule has 0 N–H and O–H groups in total. The summed E-state index contributed by atoms with van der Waals surface area (Å²) in [6.45, 7) is 4.28. The van der Waals surface area contributed by atoms with Gasteiger partial charge in [0.05, 0.1) is 5.69 Å². The Balaban J connectivity index is 1.60. The topological polar surface area (TPSA) is 41.5 Å². The summed E-state index contributed by atoms with van der Waals surface area (Å²) in [7, 11) is 4.05. The van der Waals surface area contributed by atoms with Crippen LogP contribution in [0.2, 0.25) is 0 Å². The van der Waals surface area contributed by atoms with E-state index in [1.165, 1.54) is 56.5 Å². The SMILES string of the molecule is CN(C)c1ncc2c(n1)C1(CCCN(C3CCOCC3)C1)CC2. The summed E-state index contributed by atoms with van der Waals surface area (Å²) in [5, 5.41) is 0. The summed E-state index contributed by atoms with van der Waals surface area (Å²) in [6.07, 6.45) is 9.41. The standard InChI is InChI=1S/C18H28N4O/c1-21(2)17-19-12-14-4-8-18(16(14)20-17)7-3-9-22(13-18)15-5-10-23-11-6-15/h12,15H,3-11,13H2,1-2H3. The van der Waals surface area contributed by atoms with Crippen LogP contribution in [0.3, 0.4) is 0 Å². The first kappa shape index (κ1) is 15.3. The zero-order valence-electron chi connectivity index (χ0n) is 14.4. The Morgan fingerprint density at radius 1 is 1.26 bits per heavy atom. The van der Waals surface area contributed by atoms with Crippen LogP contribution >= 0.6 is 0 Å². The molecule has 5 heteroatoms. The summed E-state index contributed by atoms with van der Waals surface area (Å²) < 4.78 is 5.55. The van der Waals surface area contributed by atoms with Gasteiger partial charge in [0.15, 0.2) is 0 Å². The Morgan fingerprint density at radius 2 is 2.09 bits per heavy atom. The van der Waals surface area contributed by atoms with Crippen LogP contribution in [0.15, 0.2) is 6.20 Å². The second-order valence-electron chi connectivity index (χ2n) is 7.64. The average molecular weight is 316 g/mol. The van der Waals surface area contributed by atoms with Crippen molar-refractivity contribution in [3.63, 3.8) is 0 Å². The molecule has 23 heavy (non-hydrogen) atoms. The largest absolute Gasteiger partial charge is 0.381 e. The van der Waals surface area contributed by atoms with Crippen molar-refractivity contribution in [2.45, 2.75) is 50.0 Å². The van der Waals surface area contributed by atoms with E-state index < -0.39 is 0 Å². The highest BCUT2D eigenvalue weighted by Gasteiger charge is 2.45. The molecule has 2 saturated heterocycles. The van der Waals surface area contributed by atoms with Crippen LogP contribution < -0.4 is 4.90 Å². The van der Waals surface area contributed by atoms with Crippen LogP contribution in [0, 0.1) is 0 Å². The first-order valence-corrected chi connectivity index (χ1v) is 9.03. The molecule has 0 saturated carbocycles. The normalized spacial score (nSPS) is 29.0. The van der Waals surface area contributed by atoms with E-state index in [4.69, 9.17) is 9.72 Å². The molecule has 1 atom stereocenters. The van der Waals surface area contributed by atoms with E-state index in [1.54, 1.807) is 0 Å². The van der Waals surface area contributed by atoms with Crippen molar-refractivity contribution in [1.82, 2.24) is 14.9 Å². The number of fused-ring (bicyclic) bond motifs is 2. The lowest BCUT2D eigenvalue weighted by Crippen LogP contribution is -2.51. The fourth-order valence-corrected chi connectivity index (χ4v) is 4.67. The van der Waals surface area contributed by atoms with Gasteiger partial charge in [-0.15, -0.1) is 0 Å². The first-order chi connectivity index (χ1) is 11.2. The van der Waals surface area contributed by atoms with Crippen LogP contribution in [-0.4, -0.2) is 61.3 Å². The highest BCUT2D eigenvalue weighted by Crippen LogP contribution is 2.45. The van der Waals surface area contributed by atoms with E-state index in [-0.39, 0.29) is 5.41 Å². The van der Waals surface area contributed by atoms with Gasteiger partial charge in [0.1, 0.15) is 0 Å². The number of anilines is 1. The molecule has 0 amide bonds. The maximum Gasteiger partial charge on any atom is 0.225 e. The molecule has 5 nitrogen and oxygen atoms in total. The van der Waals surface area contributed by atoms with Gasteiger partial charge in [-0.1, -0.05) is 0 Å². The van der Waals surface area contributed by atoms with E-state index >= 15 is 0 Å². The zero-order valence-corrected chi connectivity index (χ0v) is 14.4. The predicted molar refractivity (Wildman–Crippen MR) is 91.0 cm³/mol. The van der Waals surface area contributed by atoms with E-state index in [1.807, 2.05) is 19.0 Å². The molecular formula is C18H28N4O. The lowest BCUT2D eigenvalue weighted by molar-refractivity contribution is 0.0114. The van der Waals surface area contributed by atoms with E-state index in [9.17, 15) is 0 Å². The summed E-state index contributed by atoms with van der Waals surface area (Å²) in [6, 6.07) is 0.708. The second-order valence-corrected chi connectivity index (χ2v) is 7.64. The molecule has 1 spiro atoms.